The molecule has 0 saturated heterocycles. The first-order valence-electron chi connectivity index (χ1n) is 4.95. The monoisotopic (exact) mass is 201 g/mol. The lowest BCUT2D eigenvalue weighted by Gasteiger charge is -2.20. The number of carbonyl (C=O) groups excluding carboxylic acids is 1. The molecule has 0 aliphatic heterocycles. The maximum absolute atomic E-state index is 11.6. The molecule has 1 atom stereocenters. The predicted octanol–water partition coefficient (Wildman–Crippen LogP) is 1.36. The van der Waals surface area contributed by atoms with E-state index in [0.29, 0.717) is 6.54 Å². The van der Waals surface area contributed by atoms with Crippen LogP contribution < -0.4 is 0 Å². The van der Waals surface area contributed by atoms with Crippen molar-refractivity contribution in [3.05, 3.63) is 0 Å². The Labute approximate surface area is 84.9 Å². The van der Waals surface area contributed by atoms with Crippen molar-refractivity contribution in [2.45, 2.75) is 33.1 Å². The van der Waals surface area contributed by atoms with Gasteiger partial charge < -0.3 is 10.0 Å². The third-order valence-corrected chi connectivity index (χ3v) is 2.18. The molecule has 0 aromatic heterocycles. The minimum Gasteiger partial charge on any atom is -0.481 e. The van der Waals surface area contributed by atoms with E-state index in [4.69, 9.17) is 5.11 Å². The van der Waals surface area contributed by atoms with Gasteiger partial charge in [-0.1, -0.05) is 20.3 Å². The summed E-state index contributed by atoms with van der Waals surface area (Å²) in [6.45, 7) is 4.20. The Morgan fingerprint density at radius 3 is 2.43 bits per heavy atom. The van der Waals surface area contributed by atoms with Gasteiger partial charge in [0, 0.05) is 19.5 Å². The molecule has 0 spiro atoms. The van der Waals surface area contributed by atoms with E-state index in [1.165, 1.54) is 4.90 Å². The highest BCUT2D eigenvalue weighted by molar-refractivity contribution is 5.78. The Morgan fingerprint density at radius 1 is 1.43 bits per heavy atom. The van der Waals surface area contributed by atoms with E-state index in [1.807, 2.05) is 13.8 Å². The van der Waals surface area contributed by atoms with E-state index < -0.39 is 5.97 Å². The SMILES string of the molecule is CCC[C@@H](C)C(=O)N(C)CCC(=O)O. The number of carbonyl (C=O) groups is 2. The van der Waals surface area contributed by atoms with Crippen LogP contribution in [0.4, 0.5) is 0 Å². The second-order valence-electron chi connectivity index (χ2n) is 3.59. The van der Waals surface area contributed by atoms with Crippen molar-refractivity contribution in [2.75, 3.05) is 13.6 Å². The highest BCUT2D eigenvalue weighted by Crippen LogP contribution is 2.08. The Morgan fingerprint density at radius 2 is 2.00 bits per heavy atom. The molecule has 4 nitrogen and oxygen atoms in total. The lowest BCUT2D eigenvalue weighted by Crippen LogP contribution is -2.33. The number of amides is 1. The summed E-state index contributed by atoms with van der Waals surface area (Å²) in [7, 11) is 1.65. The van der Waals surface area contributed by atoms with Gasteiger partial charge in [-0.2, -0.15) is 0 Å². The van der Waals surface area contributed by atoms with Crippen molar-refractivity contribution >= 4 is 11.9 Å². The van der Waals surface area contributed by atoms with Crippen LogP contribution in [0.15, 0.2) is 0 Å². The smallest absolute Gasteiger partial charge is 0.305 e. The lowest BCUT2D eigenvalue weighted by atomic mass is 10.1. The van der Waals surface area contributed by atoms with Crippen molar-refractivity contribution in [3.63, 3.8) is 0 Å². The summed E-state index contributed by atoms with van der Waals surface area (Å²) in [5.74, 6) is -0.834. The largest absolute Gasteiger partial charge is 0.481 e. The molecule has 0 radical (unpaired) electrons. The van der Waals surface area contributed by atoms with Crippen LogP contribution in [0, 0.1) is 5.92 Å². The Balaban J connectivity index is 3.91. The molecule has 0 aliphatic carbocycles. The summed E-state index contributed by atoms with van der Waals surface area (Å²) in [4.78, 5) is 23.4. The van der Waals surface area contributed by atoms with Gasteiger partial charge in [0.05, 0.1) is 6.42 Å². The fourth-order valence-electron chi connectivity index (χ4n) is 1.31. The maximum Gasteiger partial charge on any atom is 0.305 e. The fraction of sp³-hybridized carbons (Fsp3) is 0.800. The van der Waals surface area contributed by atoms with Gasteiger partial charge >= 0.3 is 5.97 Å². The van der Waals surface area contributed by atoms with Crippen molar-refractivity contribution in [1.82, 2.24) is 4.90 Å². The summed E-state index contributed by atoms with van der Waals surface area (Å²) < 4.78 is 0. The standard InChI is InChI=1S/C10H19NO3/c1-4-5-8(2)10(14)11(3)7-6-9(12)13/h8H,4-7H2,1-3H3,(H,12,13)/t8-/m1/s1. The van der Waals surface area contributed by atoms with Crippen molar-refractivity contribution in [2.24, 2.45) is 5.92 Å². The molecule has 1 N–H and O–H groups in total. The van der Waals surface area contributed by atoms with Gasteiger partial charge in [-0.25, -0.2) is 0 Å². The highest BCUT2D eigenvalue weighted by Gasteiger charge is 2.16. The van der Waals surface area contributed by atoms with Crippen molar-refractivity contribution in [3.8, 4) is 0 Å². The van der Waals surface area contributed by atoms with Crippen LogP contribution in [0.2, 0.25) is 0 Å². The molecule has 0 aliphatic rings. The first-order chi connectivity index (χ1) is 6.49. The number of rotatable bonds is 6. The van der Waals surface area contributed by atoms with E-state index in [-0.39, 0.29) is 18.2 Å². The lowest BCUT2D eigenvalue weighted by molar-refractivity contribution is -0.139. The third-order valence-electron chi connectivity index (χ3n) is 2.18. The topological polar surface area (TPSA) is 57.6 Å². The zero-order valence-electron chi connectivity index (χ0n) is 9.12. The van der Waals surface area contributed by atoms with Crippen molar-refractivity contribution in [1.29, 1.82) is 0 Å². The molecular formula is C10H19NO3. The molecule has 4 heteroatoms. The average Bonchev–Trinajstić information content (AvgIpc) is 2.13. The number of hydrogen-bond donors (Lipinski definition) is 1. The van der Waals surface area contributed by atoms with Crippen LogP contribution in [0.3, 0.4) is 0 Å². The molecule has 0 saturated carbocycles. The van der Waals surface area contributed by atoms with E-state index in [1.54, 1.807) is 7.05 Å². The van der Waals surface area contributed by atoms with E-state index >= 15 is 0 Å². The first kappa shape index (κ1) is 12.9. The summed E-state index contributed by atoms with van der Waals surface area (Å²) in [6, 6.07) is 0. The molecule has 82 valence electrons. The minimum absolute atomic E-state index is 0.00112. The zero-order chi connectivity index (χ0) is 11.1. The Hall–Kier alpha value is -1.06. The fourth-order valence-corrected chi connectivity index (χ4v) is 1.31. The summed E-state index contributed by atoms with van der Waals surface area (Å²) in [5, 5.41) is 8.45. The summed E-state index contributed by atoms with van der Waals surface area (Å²) >= 11 is 0. The molecule has 0 bridgehead atoms. The van der Waals surface area contributed by atoms with Crippen LogP contribution in [0.1, 0.15) is 33.1 Å². The minimum atomic E-state index is -0.868. The van der Waals surface area contributed by atoms with Gasteiger partial charge in [-0.15, -0.1) is 0 Å². The zero-order valence-corrected chi connectivity index (χ0v) is 9.12. The molecular weight excluding hydrogens is 182 g/mol. The number of nitrogens with zero attached hydrogens (tertiary/aromatic N) is 1. The van der Waals surface area contributed by atoms with Gasteiger partial charge in [0.15, 0.2) is 0 Å². The van der Waals surface area contributed by atoms with Crippen LogP contribution in [0.25, 0.3) is 0 Å². The van der Waals surface area contributed by atoms with Gasteiger partial charge in [0.25, 0.3) is 0 Å². The van der Waals surface area contributed by atoms with Crippen LogP contribution in [-0.2, 0) is 9.59 Å². The number of aliphatic carboxylic acids is 1. The van der Waals surface area contributed by atoms with E-state index in [0.717, 1.165) is 12.8 Å². The van der Waals surface area contributed by atoms with E-state index in [9.17, 15) is 9.59 Å². The number of hydrogen-bond acceptors (Lipinski definition) is 2. The Bertz CT molecular complexity index is 204. The molecule has 0 aromatic rings. The summed E-state index contributed by atoms with van der Waals surface area (Å²) in [5.41, 5.74) is 0. The molecule has 0 heterocycles. The van der Waals surface area contributed by atoms with Crippen LogP contribution in [0.5, 0.6) is 0 Å². The van der Waals surface area contributed by atoms with Crippen molar-refractivity contribution < 1.29 is 14.7 Å². The van der Waals surface area contributed by atoms with Gasteiger partial charge in [-0.05, 0) is 6.42 Å². The summed E-state index contributed by atoms with van der Waals surface area (Å²) in [6.07, 6.45) is 1.84. The molecule has 0 unspecified atom stereocenters. The molecule has 0 fully saturated rings. The van der Waals surface area contributed by atoms with Crippen LogP contribution in [-0.4, -0.2) is 35.5 Å². The predicted molar refractivity (Wildman–Crippen MR) is 54.0 cm³/mol. The van der Waals surface area contributed by atoms with E-state index in [2.05, 4.69) is 0 Å². The first-order valence-corrected chi connectivity index (χ1v) is 4.95. The van der Waals surface area contributed by atoms with Gasteiger partial charge in [-0.3, -0.25) is 9.59 Å². The normalized spacial score (nSPS) is 12.2. The number of carboxylic acid groups (broad SMARTS) is 1. The molecule has 14 heavy (non-hydrogen) atoms. The van der Waals surface area contributed by atoms with Crippen LogP contribution >= 0.6 is 0 Å². The number of carboxylic acids is 1. The maximum atomic E-state index is 11.6. The average molecular weight is 201 g/mol. The highest BCUT2D eigenvalue weighted by atomic mass is 16.4. The quantitative estimate of drug-likeness (QED) is 0.705. The van der Waals surface area contributed by atoms with Gasteiger partial charge in [0.2, 0.25) is 5.91 Å². The Kier molecular flexibility index (Phi) is 5.92. The second kappa shape index (κ2) is 6.40. The van der Waals surface area contributed by atoms with Gasteiger partial charge in [0.1, 0.15) is 0 Å². The second-order valence-corrected chi connectivity index (χ2v) is 3.59. The third kappa shape index (κ3) is 4.84. The molecule has 0 aromatic carbocycles. The molecule has 0 rings (SSSR count). The molecule has 1 amide bonds.